The van der Waals surface area contributed by atoms with Crippen molar-refractivity contribution in [2.45, 2.75) is 6.92 Å². The highest BCUT2D eigenvalue weighted by molar-refractivity contribution is 5.85. The number of imidazole rings is 1. The molecule has 108 valence electrons. The zero-order valence-electron chi connectivity index (χ0n) is 12.7. The van der Waals surface area contributed by atoms with Crippen molar-refractivity contribution in [3.8, 4) is 5.69 Å². The average molecular weight is 286 g/mol. The van der Waals surface area contributed by atoms with Crippen LogP contribution in [0.5, 0.6) is 0 Å². The molecule has 0 atom stereocenters. The van der Waals surface area contributed by atoms with Crippen molar-refractivity contribution in [2.75, 3.05) is 0 Å². The van der Waals surface area contributed by atoms with E-state index < -0.39 is 0 Å². The molecule has 1 heterocycles. The number of aryl methyl sites for hydroxylation is 1. The van der Waals surface area contributed by atoms with Crippen LogP contribution in [0.2, 0.25) is 0 Å². The highest BCUT2D eigenvalue weighted by Gasteiger charge is 2.14. The zero-order valence-corrected chi connectivity index (χ0v) is 12.7. The predicted molar refractivity (Wildman–Crippen MR) is 94.2 cm³/mol. The first-order valence-electron chi connectivity index (χ1n) is 7.24. The SMILES string of the molecule is C=C/C=C(\C=C)c1nc2cc(C)ccc2n1-c1ccccc1. The molecule has 0 saturated carbocycles. The largest absolute Gasteiger partial charge is 0.292 e. The first kappa shape index (κ1) is 14.1. The molecule has 0 aliphatic carbocycles. The van der Waals surface area contributed by atoms with E-state index in [-0.39, 0.29) is 0 Å². The smallest absolute Gasteiger partial charge is 0.145 e. The van der Waals surface area contributed by atoms with Crippen LogP contribution in [0, 0.1) is 6.92 Å². The van der Waals surface area contributed by atoms with Crippen LogP contribution in [0.4, 0.5) is 0 Å². The van der Waals surface area contributed by atoms with E-state index >= 15 is 0 Å². The van der Waals surface area contributed by atoms with Crippen LogP contribution in [0.25, 0.3) is 22.3 Å². The molecule has 22 heavy (non-hydrogen) atoms. The number of fused-ring (bicyclic) bond motifs is 1. The number of nitrogens with zero attached hydrogens (tertiary/aromatic N) is 2. The average Bonchev–Trinajstić information content (AvgIpc) is 2.91. The summed E-state index contributed by atoms with van der Waals surface area (Å²) in [4.78, 5) is 4.82. The lowest BCUT2D eigenvalue weighted by molar-refractivity contribution is 1.06. The Hall–Kier alpha value is -2.87. The second kappa shape index (κ2) is 5.86. The molecule has 0 aliphatic rings. The number of hydrogen-bond donors (Lipinski definition) is 0. The van der Waals surface area contributed by atoms with Gasteiger partial charge in [0.05, 0.1) is 11.0 Å². The van der Waals surface area contributed by atoms with Crippen molar-refractivity contribution >= 4 is 16.6 Å². The molecule has 0 unspecified atom stereocenters. The molecule has 0 spiro atoms. The van der Waals surface area contributed by atoms with Gasteiger partial charge in [0.2, 0.25) is 0 Å². The van der Waals surface area contributed by atoms with Crippen LogP contribution in [-0.2, 0) is 0 Å². The predicted octanol–water partition coefficient (Wildman–Crippen LogP) is 5.09. The minimum absolute atomic E-state index is 0.877. The molecule has 0 bridgehead atoms. The highest BCUT2D eigenvalue weighted by Crippen LogP contribution is 2.27. The maximum Gasteiger partial charge on any atom is 0.145 e. The Morgan fingerprint density at radius 3 is 2.55 bits per heavy atom. The number of hydrogen-bond acceptors (Lipinski definition) is 1. The fourth-order valence-corrected chi connectivity index (χ4v) is 2.58. The van der Waals surface area contributed by atoms with E-state index in [4.69, 9.17) is 4.98 Å². The number of para-hydroxylation sites is 1. The van der Waals surface area contributed by atoms with Gasteiger partial charge in [-0.1, -0.05) is 55.7 Å². The van der Waals surface area contributed by atoms with Crippen LogP contribution in [-0.4, -0.2) is 9.55 Å². The molecule has 3 aromatic rings. The van der Waals surface area contributed by atoms with E-state index in [1.165, 1.54) is 5.56 Å². The Morgan fingerprint density at radius 2 is 1.86 bits per heavy atom. The fourth-order valence-electron chi connectivity index (χ4n) is 2.58. The number of rotatable bonds is 4. The summed E-state index contributed by atoms with van der Waals surface area (Å²) in [6, 6.07) is 16.6. The standard InChI is InChI=1S/C20H18N2/c1-4-9-16(5-2)20-21-18-14-15(3)12-13-19(18)22(20)17-10-7-6-8-11-17/h4-14H,1-2H2,3H3/b16-9+. The lowest BCUT2D eigenvalue weighted by Gasteiger charge is -2.09. The molecule has 2 heteroatoms. The first-order valence-corrected chi connectivity index (χ1v) is 7.24. The summed E-state index contributed by atoms with van der Waals surface area (Å²) >= 11 is 0. The zero-order chi connectivity index (χ0) is 15.5. The topological polar surface area (TPSA) is 17.8 Å². The van der Waals surface area contributed by atoms with Gasteiger partial charge in [0.25, 0.3) is 0 Å². The summed E-state index contributed by atoms with van der Waals surface area (Å²) in [5.74, 6) is 0.877. The van der Waals surface area contributed by atoms with Gasteiger partial charge in [-0.2, -0.15) is 0 Å². The quantitative estimate of drug-likeness (QED) is 0.611. The lowest BCUT2D eigenvalue weighted by atomic mass is 10.2. The molecular formula is C20H18N2. The molecule has 2 nitrogen and oxygen atoms in total. The van der Waals surface area contributed by atoms with Crippen molar-refractivity contribution in [3.63, 3.8) is 0 Å². The van der Waals surface area contributed by atoms with E-state index in [2.05, 4.69) is 55.0 Å². The summed E-state index contributed by atoms with van der Waals surface area (Å²) in [7, 11) is 0. The van der Waals surface area contributed by atoms with Crippen molar-refractivity contribution in [1.82, 2.24) is 9.55 Å². The summed E-state index contributed by atoms with van der Waals surface area (Å²) in [5, 5.41) is 0. The second-order valence-electron chi connectivity index (χ2n) is 5.16. The minimum Gasteiger partial charge on any atom is -0.292 e. The Kier molecular flexibility index (Phi) is 3.75. The maximum absolute atomic E-state index is 4.82. The van der Waals surface area contributed by atoms with E-state index in [1.54, 1.807) is 6.08 Å². The molecule has 0 saturated heterocycles. The first-order chi connectivity index (χ1) is 10.7. The molecule has 0 aliphatic heterocycles. The van der Waals surface area contributed by atoms with Gasteiger partial charge in [-0.05, 0) is 36.8 Å². The molecule has 1 aromatic heterocycles. The third kappa shape index (κ3) is 2.40. The summed E-state index contributed by atoms with van der Waals surface area (Å²) in [5.41, 5.74) is 5.30. The van der Waals surface area contributed by atoms with Crippen molar-refractivity contribution in [2.24, 2.45) is 0 Å². The van der Waals surface area contributed by atoms with Gasteiger partial charge in [-0.3, -0.25) is 4.57 Å². The Morgan fingerprint density at radius 1 is 1.09 bits per heavy atom. The van der Waals surface area contributed by atoms with Crippen LogP contribution in [0.15, 0.2) is 79.9 Å². The fraction of sp³-hybridized carbons (Fsp3) is 0.0500. The van der Waals surface area contributed by atoms with E-state index in [0.717, 1.165) is 28.1 Å². The third-order valence-corrected chi connectivity index (χ3v) is 3.60. The second-order valence-corrected chi connectivity index (χ2v) is 5.16. The Labute approximate surface area is 130 Å². The summed E-state index contributed by atoms with van der Waals surface area (Å²) in [6.07, 6.45) is 5.51. The third-order valence-electron chi connectivity index (χ3n) is 3.60. The van der Waals surface area contributed by atoms with Crippen LogP contribution in [0.3, 0.4) is 0 Å². The van der Waals surface area contributed by atoms with Gasteiger partial charge in [-0.15, -0.1) is 0 Å². The van der Waals surface area contributed by atoms with Crippen LogP contribution in [0.1, 0.15) is 11.4 Å². The summed E-state index contributed by atoms with van der Waals surface area (Å²) < 4.78 is 2.16. The van der Waals surface area contributed by atoms with Gasteiger partial charge in [0, 0.05) is 11.3 Å². The van der Waals surface area contributed by atoms with Crippen LogP contribution < -0.4 is 0 Å². The molecule has 2 aromatic carbocycles. The molecule has 0 fully saturated rings. The highest BCUT2D eigenvalue weighted by atomic mass is 15.1. The molecule has 0 N–H and O–H groups in total. The summed E-state index contributed by atoms with van der Waals surface area (Å²) in [6.45, 7) is 9.77. The number of aromatic nitrogens is 2. The minimum atomic E-state index is 0.877. The van der Waals surface area contributed by atoms with Crippen LogP contribution >= 0.6 is 0 Å². The van der Waals surface area contributed by atoms with Gasteiger partial charge < -0.3 is 0 Å². The lowest BCUT2D eigenvalue weighted by Crippen LogP contribution is -1.99. The van der Waals surface area contributed by atoms with Gasteiger partial charge >= 0.3 is 0 Å². The van der Waals surface area contributed by atoms with Gasteiger partial charge in [0.15, 0.2) is 0 Å². The van der Waals surface area contributed by atoms with E-state index in [1.807, 2.05) is 30.4 Å². The Balaban J connectivity index is 2.38. The van der Waals surface area contributed by atoms with Crippen molar-refractivity contribution in [1.29, 1.82) is 0 Å². The molecule has 3 rings (SSSR count). The van der Waals surface area contributed by atoms with E-state index in [0.29, 0.717) is 0 Å². The monoisotopic (exact) mass is 286 g/mol. The normalized spacial score (nSPS) is 11.6. The van der Waals surface area contributed by atoms with E-state index in [9.17, 15) is 0 Å². The molecule has 0 radical (unpaired) electrons. The Bertz CT molecular complexity index is 867. The molecule has 0 amide bonds. The maximum atomic E-state index is 4.82. The number of benzene rings is 2. The van der Waals surface area contributed by atoms with Gasteiger partial charge in [0.1, 0.15) is 5.82 Å². The van der Waals surface area contributed by atoms with Gasteiger partial charge in [-0.25, -0.2) is 4.98 Å². The molecular weight excluding hydrogens is 268 g/mol. The van der Waals surface area contributed by atoms with Crippen molar-refractivity contribution in [3.05, 3.63) is 91.3 Å². The van der Waals surface area contributed by atoms with Crippen molar-refractivity contribution < 1.29 is 0 Å². The number of allylic oxidation sites excluding steroid dienone is 4.